The predicted octanol–water partition coefficient (Wildman–Crippen LogP) is 3.37. The van der Waals surface area contributed by atoms with E-state index in [1.54, 1.807) is 32.4 Å². The van der Waals surface area contributed by atoms with Crippen LogP contribution in [-0.4, -0.2) is 21.3 Å². The average molecular weight is 293 g/mol. The molecule has 3 nitrogen and oxygen atoms in total. The van der Waals surface area contributed by atoms with Gasteiger partial charge in [-0.3, -0.25) is 0 Å². The van der Waals surface area contributed by atoms with Gasteiger partial charge < -0.3 is 14.8 Å². The lowest BCUT2D eigenvalue weighted by atomic mass is 9.98. The number of nitrogens with one attached hydrogen (secondary N) is 1. The molecule has 112 valence electrons. The number of ether oxygens (including phenoxy) is 2. The van der Waals surface area contributed by atoms with Crippen LogP contribution in [0.15, 0.2) is 30.3 Å². The molecule has 0 atom stereocenters. The van der Waals surface area contributed by atoms with Crippen LogP contribution >= 0.6 is 0 Å². The van der Waals surface area contributed by atoms with Crippen molar-refractivity contribution in [2.24, 2.45) is 0 Å². The Balaban J connectivity index is 2.60. The van der Waals surface area contributed by atoms with Crippen molar-refractivity contribution in [3.8, 4) is 22.6 Å². The molecule has 0 heterocycles. The summed E-state index contributed by atoms with van der Waals surface area (Å²) in [5.41, 5.74) is 1.17. The predicted molar refractivity (Wildman–Crippen MR) is 77.7 cm³/mol. The van der Waals surface area contributed by atoms with Gasteiger partial charge >= 0.3 is 0 Å². The maximum absolute atomic E-state index is 14.2. The van der Waals surface area contributed by atoms with Crippen molar-refractivity contribution in [1.29, 1.82) is 0 Å². The Morgan fingerprint density at radius 3 is 2.10 bits per heavy atom. The summed E-state index contributed by atoms with van der Waals surface area (Å²) < 4.78 is 38.5. The van der Waals surface area contributed by atoms with Gasteiger partial charge in [0, 0.05) is 18.7 Å². The maximum atomic E-state index is 14.2. The second-order valence-corrected chi connectivity index (χ2v) is 4.52. The molecule has 1 N–H and O–H groups in total. The molecule has 0 radical (unpaired) electrons. The first kappa shape index (κ1) is 15.3. The standard InChI is InChI=1S/C16H17F2NO2/c1-19-9-10-6-11(20-2)4-5-13(10)16-14(17)7-12(21-3)8-15(16)18/h4-8,19H,9H2,1-3H3. The van der Waals surface area contributed by atoms with Crippen LogP contribution in [0.1, 0.15) is 5.56 Å². The number of halogens is 2. The number of hydrogen-bond donors (Lipinski definition) is 1. The molecule has 0 aromatic heterocycles. The van der Waals surface area contributed by atoms with Gasteiger partial charge in [-0.25, -0.2) is 8.78 Å². The molecule has 0 aliphatic carbocycles. The average Bonchev–Trinajstić information content (AvgIpc) is 2.48. The van der Waals surface area contributed by atoms with Crippen LogP contribution in [-0.2, 0) is 6.54 Å². The smallest absolute Gasteiger partial charge is 0.137 e. The Labute approximate surface area is 122 Å². The van der Waals surface area contributed by atoms with Crippen LogP contribution in [0.25, 0.3) is 11.1 Å². The third-order valence-electron chi connectivity index (χ3n) is 3.20. The van der Waals surface area contributed by atoms with Gasteiger partial charge in [0.15, 0.2) is 0 Å². The van der Waals surface area contributed by atoms with Crippen LogP contribution in [0.2, 0.25) is 0 Å². The molecular formula is C16H17F2NO2. The molecule has 2 aromatic carbocycles. The molecule has 2 aromatic rings. The molecule has 0 aliphatic rings. The fourth-order valence-electron chi connectivity index (χ4n) is 2.20. The summed E-state index contributed by atoms with van der Waals surface area (Å²) in [7, 11) is 4.68. The summed E-state index contributed by atoms with van der Waals surface area (Å²) in [4.78, 5) is 0. The lowest BCUT2D eigenvalue weighted by molar-refractivity contribution is 0.407. The molecule has 0 spiro atoms. The van der Waals surface area contributed by atoms with Gasteiger partial charge in [-0.15, -0.1) is 0 Å². The Bertz CT molecular complexity index is 621. The van der Waals surface area contributed by atoms with Gasteiger partial charge in [0.2, 0.25) is 0 Å². The van der Waals surface area contributed by atoms with Crippen molar-refractivity contribution in [3.05, 3.63) is 47.5 Å². The van der Waals surface area contributed by atoms with Gasteiger partial charge in [0.05, 0.1) is 19.8 Å². The van der Waals surface area contributed by atoms with Crippen molar-refractivity contribution in [2.45, 2.75) is 6.54 Å². The first-order valence-corrected chi connectivity index (χ1v) is 6.45. The van der Waals surface area contributed by atoms with Crippen molar-refractivity contribution in [2.75, 3.05) is 21.3 Å². The number of hydrogen-bond acceptors (Lipinski definition) is 3. The Morgan fingerprint density at radius 1 is 0.952 bits per heavy atom. The van der Waals surface area contributed by atoms with Crippen molar-refractivity contribution in [3.63, 3.8) is 0 Å². The molecular weight excluding hydrogens is 276 g/mol. The third kappa shape index (κ3) is 3.13. The number of benzene rings is 2. The minimum absolute atomic E-state index is 0.0660. The number of methoxy groups -OCH3 is 2. The Kier molecular flexibility index (Phi) is 4.75. The SMILES string of the molecule is CNCc1cc(OC)ccc1-c1c(F)cc(OC)cc1F. The summed E-state index contributed by atoms with van der Waals surface area (Å²) in [6, 6.07) is 7.43. The van der Waals surface area contributed by atoms with E-state index in [9.17, 15) is 8.78 Å². The Morgan fingerprint density at radius 2 is 1.57 bits per heavy atom. The van der Waals surface area contributed by atoms with Crippen molar-refractivity contribution >= 4 is 0 Å². The molecule has 21 heavy (non-hydrogen) atoms. The Hall–Kier alpha value is -2.14. The highest BCUT2D eigenvalue weighted by Gasteiger charge is 2.17. The second-order valence-electron chi connectivity index (χ2n) is 4.52. The topological polar surface area (TPSA) is 30.5 Å². The quantitative estimate of drug-likeness (QED) is 0.917. The fourth-order valence-corrected chi connectivity index (χ4v) is 2.20. The largest absolute Gasteiger partial charge is 0.497 e. The van der Waals surface area contributed by atoms with E-state index in [0.29, 0.717) is 17.9 Å². The molecule has 0 saturated heterocycles. The zero-order valence-electron chi connectivity index (χ0n) is 12.2. The minimum atomic E-state index is -0.658. The first-order valence-electron chi connectivity index (χ1n) is 6.45. The lowest BCUT2D eigenvalue weighted by Gasteiger charge is -2.14. The molecule has 0 bridgehead atoms. The van der Waals surface area contributed by atoms with E-state index in [4.69, 9.17) is 9.47 Å². The van der Waals surface area contributed by atoms with Crippen LogP contribution in [0.3, 0.4) is 0 Å². The van der Waals surface area contributed by atoms with E-state index in [2.05, 4.69) is 5.32 Å². The van der Waals surface area contributed by atoms with E-state index >= 15 is 0 Å². The second kappa shape index (κ2) is 6.54. The minimum Gasteiger partial charge on any atom is -0.497 e. The molecule has 0 amide bonds. The lowest BCUT2D eigenvalue weighted by Crippen LogP contribution is -2.07. The van der Waals surface area contributed by atoms with Gasteiger partial charge in [-0.05, 0) is 30.3 Å². The third-order valence-corrected chi connectivity index (χ3v) is 3.20. The molecule has 5 heteroatoms. The first-order chi connectivity index (χ1) is 10.1. The molecule has 0 aliphatic heterocycles. The fraction of sp³-hybridized carbons (Fsp3) is 0.250. The van der Waals surface area contributed by atoms with Crippen LogP contribution < -0.4 is 14.8 Å². The molecule has 2 rings (SSSR count). The summed E-state index contributed by atoms with van der Waals surface area (Å²) in [5.74, 6) is -0.528. The van der Waals surface area contributed by atoms with E-state index < -0.39 is 11.6 Å². The van der Waals surface area contributed by atoms with Gasteiger partial charge in [0.25, 0.3) is 0 Å². The summed E-state index contributed by atoms with van der Waals surface area (Å²) in [6.45, 7) is 0.470. The van der Waals surface area contributed by atoms with Crippen LogP contribution in [0.5, 0.6) is 11.5 Å². The summed E-state index contributed by atoms with van der Waals surface area (Å²) in [6.07, 6.45) is 0. The maximum Gasteiger partial charge on any atom is 0.137 e. The highest BCUT2D eigenvalue weighted by Crippen LogP contribution is 2.33. The van der Waals surface area contributed by atoms with Gasteiger partial charge in [-0.1, -0.05) is 6.07 Å². The zero-order valence-corrected chi connectivity index (χ0v) is 12.2. The highest BCUT2D eigenvalue weighted by atomic mass is 19.1. The zero-order chi connectivity index (χ0) is 15.4. The van der Waals surface area contributed by atoms with Gasteiger partial charge in [-0.2, -0.15) is 0 Å². The van der Waals surface area contributed by atoms with Crippen LogP contribution in [0.4, 0.5) is 8.78 Å². The molecule has 0 unspecified atom stereocenters. The normalized spacial score (nSPS) is 10.5. The summed E-state index contributed by atoms with van der Waals surface area (Å²) >= 11 is 0. The van der Waals surface area contributed by atoms with E-state index in [-0.39, 0.29) is 11.3 Å². The van der Waals surface area contributed by atoms with E-state index in [1.807, 2.05) is 0 Å². The highest BCUT2D eigenvalue weighted by molar-refractivity contribution is 5.70. The summed E-state index contributed by atoms with van der Waals surface area (Å²) in [5, 5.41) is 2.98. The molecule has 0 saturated carbocycles. The number of rotatable bonds is 5. The van der Waals surface area contributed by atoms with Crippen molar-refractivity contribution < 1.29 is 18.3 Å². The van der Waals surface area contributed by atoms with E-state index in [0.717, 1.165) is 5.56 Å². The molecule has 0 fully saturated rings. The van der Waals surface area contributed by atoms with Gasteiger partial charge in [0.1, 0.15) is 23.1 Å². The van der Waals surface area contributed by atoms with Crippen LogP contribution in [0, 0.1) is 11.6 Å². The monoisotopic (exact) mass is 293 g/mol. The van der Waals surface area contributed by atoms with E-state index in [1.165, 1.54) is 19.2 Å². The van der Waals surface area contributed by atoms with Crippen molar-refractivity contribution in [1.82, 2.24) is 5.32 Å².